The zero-order valence-electron chi connectivity index (χ0n) is 10.5. The minimum Gasteiger partial charge on any atom is -0.452 e. The van der Waals surface area contributed by atoms with Crippen molar-refractivity contribution in [2.45, 2.75) is 27.2 Å². The van der Waals surface area contributed by atoms with Crippen LogP contribution in [0.2, 0.25) is 0 Å². The van der Waals surface area contributed by atoms with E-state index in [0.29, 0.717) is 13.0 Å². The summed E-state index contributed by atoms with van der Waals surface area (Å²) in [5, 5.41) is 0. The average Bonchev–Trinajstić information content (AvgIpc) is 2.25. The summed E-state index contributed by atoms with van der Waals surface area (Å²) in [5.74, 6) is -0.231. The fraction of sp³-hybridized carbons (Fsp3) is 0.667. The third-order valence-electron chi connectivity index (χ3n) is 2.52. The predicted molar refractivity (Wildman–Crippen MR) is 62.9 cm³/mol. The molecular weight excluding hydrogens is 206 g/mol. The van der Waals surface area contributed by atoms with Crippen molar-refractivity contribution in [3.8, 4) is 0 Å². The Morgan fingerprint density at radius 1 is 1.44 bits per heavy atom. The number of amides is 2. The van der Waals surface area contributed by atoms with Crippen LogP contribution in [0, 0.1) is 11.8 Å². The lowest BCUT2D eigenvalue weighted by atomic mass is 9.91. The number of methoxy groups -OCH3 is 1. The Balaban J connectivity index is 4.81. The number of rotatable bonds is 5. The Hall–Kier alpha value is -1.32. The predicted octanol–water partition coefficient (Wildman–Crippen LogP) is 2.45. The van der Waals surface area contributed by atoms with Crippen LogP contribution in [-0.2, 0) is 9.53 Å². The van der Waals surface area contributed by atoms with E-state index in [9.17, 15) is 9.59 Å². The highest BCUT2D eigenvalue weighted by Crippen LogP contribution is 2.19. The first kappa shape index (κ1) is 14.7. The van der Waals surface area contributed by atoms with Crippen LogP contribution in [0.5, 0.6) is 0 Å². The number of hydrogen-bond donors (Lipinski definition) is 0. The maximum absolute atomic E-state index is 12.1. The molecule has 0 saturated heterocycles. The molecule has 92 valence electrons. The van der Waals surface area contributed by atoms with Gasteiger partial charge in [-0.3, -0.25) is 4.79 Å². The minimum absolute atomic E-state index is 0.171. The van der Waals surface area contributed by atoms with Crippen molar-refractivity contribution in [2.24, 2.45) is 11.8 Å². The molecule has 0 N–H and O–H groups in total. The van der Waals surface area contributed by atoms with E-state index in [-0.39, 0.29) is 17.7 Å². The largest absolute Gasteiger partial charge is 0.452 e. The van der Waals surface area contributed by atoms with Gasteiger partial charge < -0.3 is 4.74 Å². The Morgan fingerprint density at radius 3 is 2.31 bits per heavy atom. The molecule has 0 spiro atoms. The molecule has 0 rings (SSSR count). The van der Waals surface area contributed by atoms with E-state index in [4.69, 9.17) is 0 Å². The molecule has 1 atom stereocenters. The minimum atomic E-state index is -0.595. The van der Waals surface area contributed by atoms with Gasteiger partial charge in [0.15, 0.2) is 0 Å². The molecule has 2 amide bonds. The molecule has 0 aromatic carbocycles. The summed E-state index contributed by atoms with van der Waals surface area (Å²) in [5.41, 5.74) is 0. The molecule has 0 aliphatic heterocycles. The summed E-state index contributed by atoms with van der Waals surface area (Å²) in [7, 11) is 1.27. The molecule has 0 fully saturated rings. The second-order valence-corrected chi connectivity index (χ2v) is 3.93. The van der Waals surface area contributed by atoms with Gasteiger partial charge in [0, 0.05) is 12.5 Å². The summed E-state index contributed by atoms with van der Waals surface area (Å²) >= 11 is 0. The number of hydrogen-bond acceptors (Lipinski definition) is 3. The van der Waals surface area contributed by atoms with E-state index in [0.717, 1.165) is 4.90 Å². The van der Waals surface area contributed by atoms with E-state index < -0.39 is 6.09 Å². The molecule has 0 radical (unpaired) electrons. The molecule has 0 heterocycles. The van der Waals surface area contributed by atoms with Gasteiger partial charge >= 0.3 is 6.09 Å². The Bertz CT molecular complexity index is 261. The van der Waals surface area contributed by atoms with Crippen LogP contribution in [-0.4, -0.2) is 30.6 Å². The highest BCUT2D eigenvalue weighted by Gasteiger charge is 2.29. The van der Waals surface area contributed by atoms with Gasteiger partial charge in [-0.15, -0.1) is 6.58 Å². The van der Waals surface area contributed by atoms with Crippen LogP contribution in [0.1, 0.15) is 27.2 Å². The van der Waals surface area contributed by atoms with Crippen molar-refractivity contribution in [2.75, 3.05) is 13.7 Å². The molecule has 0 aromatic rings. The van der Waals surface area contributed by atoms with Crippen molar-refractivity contribution in [3.63, 3.8) is 0 Å². The standard InChI is InChI=1S/C12H21NO3/c1-6-8-10(9(3)4)11(14)13(7-2)12(15)16-5/h6,9-10H,1,7-8H2,2-5H3/t10-/m0/s1. The van der Waals surface area contributed by atoms with Crippen LogP contribution in [0.25, 0.3) is 0 Å². The highest BCUT2D eigenvalue weighted by atomic mass is 16.5. The van der Waals surface area contributed by atoms with Crippen molar-refractivity contribution < 1.29 is 14.3 Å². The number of allylic oxidation sites excluding steroid dienone is 1. The summed E-state index contributed by atoms with van der Waals surface area (Å²) < 4.78 is 4.57. The van der Waals surface area contributed by atoms with Crippen LogP contribution in [0.3, 0.4) is 0 Å². The maximum Gasteiger partial charge on any atom is 0.416 e. The molecule has 0 aromatic heterocycles. The van der Waals surface area contributed by atoms with Gasteiger partial charge in [-0.05, 0) is 19.3 Å². The number of ether oxygens (including phenoxy) is 1. The van der Waals surface area contributed by atoms with Gasteiger partial charge in [0.25, 0.3) is 0 Å². The lowest BCUT2D eigenvalue weighted by Crippen LogP contribution is -2.42. The topological polar surface area (TPSA) is 46.6 Å². The molecular formula is C12H21NO3. The van der Waals surface area contributed by atoms with E-state index in [1.807, 2.05) is 13.8 Å². The van der Waals surface area contributed by atoms with Gasteiger partial charge in [-0.1, -0.05) is 19.9 Å². The number of imide groups is 1. The van der Waals surface area contributed by atoms with Crippen LogP contribution >= 0.6 is 0 Å². The van der Waals surface area contributed by atoms with Crippen molar-refractivity contribution in [3.05, 3.63) is 12.7 Å². The SMILES string of the molecule is C=CC[C@H](C(=O)N(CC)C(=O)OC)C(C)C. The van der Waals surface area contributed by atoms with Crippen molar-refractivity contribution in [1.29, 1.82) is 0 Å². The summed E-state index contributed by atoms with van der Waals surface area (Å²) in [4.78, 5) is 24.6. The Morgan fingerprint density at radius 2 is 2.00 bits per heavy atom. The van der Waals surface area contributed by atoms with Crippen molar-refractivity contribution in [1.82, 2.24) is 4.90 Å². The molecule has 4 nitrogen and oxygen atoms in total. The smallest absolute Gasteiger partial charge is 0.416 e. The lowest BCUT2D eigenvalue weighted by molar-refractivity contribution is -0.134. The summed E-state index contributed by atoms with van der Waals surface area (Å²) in [6.45, 7) is 9.62. The average molecular weight is 227 g/mol. The maximum atomic E-state index is 12.1. The molecule has 16 heavy (non-hydrogen) atoms. The molecule has 0 bridgehead atoms. The number of carbonyl (C=O) groups is 2. The van der Waals surface area contributed by atoms with Gasteiger partial charge in [-0.2, -0.15) is 0 Å². The monoisotopic (exact) mass is 227 g/mol. The van der Waals surface area contributed by atoms with Crippen molar-refractivity contribution >= 4 is 12.0 Å². The quantitative estimate of drug-likeness (QED) is 0.678. The number of carbonyl (C=O) groups excluding carboxylic acids is 2. The van der Waals surface area contributed by atoms with Gasteiger partial charge in [-0.25, -0.2) is 9.69 Å². The molecule has 0 aliphatic carbocycles. The zero-order chi connectivity index (χ0) is 12.7. The van der Waals surface area contributed by atoms with Crippen LogP contribution in [0.4, 0.5) is 4.79 Å². The van der Waals surface area contributed by atoms with E-state index in [1.54, 1.807) is 13.0 Å². The zero-order valence-corrected chi connectivity index (χ0v) is 10.5. The first-order chi connectivity index (χ1) is 7.49. The third kappa shape index (κ3) is 3.68. The Kier molecular flexibility index (Phi) is 6.46. The van der Waals surface area contributed by atoms with Gasteiger partial charge in [0.05, 0.1) is 7.11 Å². The second kappa shape index (κ2) is 7.04. The fourth-order valence-corrected chi connectivity index (χ4v) is 1.52. The molecule has 0 unspecified atom stereocenters. The normalized spacial score (nSPS) is 12.1. The van der Waals surface area contributed by atoms with E-state index in [1.165, 1.54) is 7.11 Å². The molecule has 0 saturated carbocycles. The van der Waals surface area contributed by atoms with E-state index >= 15 is 0 Å². The van der Waals surface area contributed by atoms with Crippen LogP contribution in [0.15, 0.2) is 12.7 Å². The highest BCUT2D eigenvalue weighted by molar-refractivity contribution is 5.93. The van der Waals surface area contributed by atoms with Gasteiger partial charge in [0.2, 0.25) is 5.91 Å². The molecule has 4 heteroatoms. The summed E-state index contributed by atoms with van der Waals surface area (Å²) in [6, 6.07) is 0. The first-order valence-electron chi connectivity index (χ1n) is 5.49. The summed E-state index contributed by atoms with van der Waals surface area (Å²) in [6.07, 6.45) is 1.68. The first-order valence-corrected chi connectivity index (χ1v) is 5.49. The third-order valence-corrected chi connectivity index (χ3v) is 2.52. The second-order valence-electron chi connectivity index (χ2n) is 3.93. The van der Waals surface area contributed by atoms with Gasteiger partial charge in [0.1, 0.15) is 0 Å². The fourth-order valence-electron chi connectivity index (χ4n) is 1.52. The lowest BCUT2D eigenvalue weighted by Gasteiger charge is -2.25. The van der Waals surface area contributed by atoms with E-state index in [2.05, 4.69) is 11.3 Å². The Labute approximate surface area is 97.3 Å². The van der Waals surface area contributed by atoms with Crippen LogP contribution < -0.4 is 0 Å². The number of nitrogens with zero attached hydrogens (tertiary/aromatic N) is 1. The molecule has 0 aliphatic rings.